The van der Waals surface area contributed by atoms with Crippen LogP contribution in [0.5, 0.6) is 0 Å². The molecule has 0 saturated carbocycles. The highest BCUT2D eigenvalue weighted by Crippen LogP contribution is 2.21. The average molecular weight is 225 g/mol. The third kappa shape index (κ3) is 4.84. The van der Waals surface area contributed by atoms with Gasteiger partial charge in [0.05, 0.1) is 12.6 Å². The molecular formula is C10H18F3NO. The number of rotatable bonds is 3. The van der Waals surface area contributed by atoms with E-state index < -0.39 is 12.7 Å². The summed E-state index contributed by atoms with van der Waals surface area (Å²) in [5.41, 5.74) is 0. The molecule has 1 aliphatic heterocycles. The van der Waals surface area contributed by atoms with Gasteiger partial charge < -0.3 is 10.1 Å². The van der Waals surface area contributed by atoms with E-state index in [1.54, 1.807) is 0 Å². The fourth-order valence-corrected chi connectivity index (χ4v) is 1.74. The predicted molar refractivity (Wildman–Crippen MR) is 51.7 cm³/mol. The Morgan fingerprint density at radius 3 is 2.60 bits per heavy atom. The van der Waals surface area contributed by atoms with Crippen LogP contribution in [-0.2, 0) is 4.74 Å². The van der Waals surface area contributed by atoms with Crippen molar-refractivity contribution in [2.45, 2.75) is 45.0 Å². The maximum Gasteiger partial charge on any atom is 0.401 e. The minimum atomic E-state index is -4.12. The third-order valence-corrected chi connectivity index (χ3v) is 2.65. The van der Waals surface area contributed by atoms with Gasteiger partial charge in [0.15, 0.2) is 0 Å². The van der Waals surface area contributed by atoms with E-state index in [9.17, 15) is 13.2 Å². The predicted octanol–water partition coefficient (Wildman–Crippen LogP) is 2.34. The summed E-state index contributed by atoms with van der Waals surface area (Å²) in [7, 11) is 0. The van der Waals surface area contributed by atoms with Gasteiger partial charge in [-0.05, 0) is 18.8 Å². The van der Waals surface area contributed by atoms with Crippen molar-refractivity contribution in [3.63, 3.8) is 0 Å². The van der Waals surface area contributed by atoms with E-state index >= 15 is 0 Å². The molecule has 1 rings (SSSR count). The average Bonchev–Trinajstić information content (AvgIpc) is 2.14. The first-order chi connectivity index (χ1) is 6.88. The normalized spacial score (nSPS) is 28.4. The van der Waals surface area contributed by atoms with Gasteiger partial charge >= 0.3 is 6.18 Å². The number of hydrogen-bond donors (Lipinski definition) is 1. The highest BCUT2D eigenvalue weighted by molar-refractivity contribution is 4.79. The maximum absolute atomic E-state index is 12.0. The van der Waals surface area contributed by atoms with Gasteiger partial charge in [-0.1, -0.05) is 13.8 Å². The van der Waals surface area contributed by atoms with Crippen LogP contribution in [-0.4, -0.2) is 31.5 Å². The van der Waals surface area contributed by atoms with Crippen LogP contribution in [0.15, 0.2) is 0 Å². The molecule has 0 bridgehead atoms. The molecule has 1 fully saturated rings. The molecule has 0 radical (unpaired) electrons. The molecule has 90 valence electrons. The zero-order chi connectivity index (χ0) is 11.5. The number of alkyl halides is 3. The smallest absolute Gasteiger partial charge is 0.378 e. The minimum Gasteiger partial charge on any atom is -0.378 e. The first-order valence-corrected chi connectivity index (χ1v) is 5.30. The quantitative estimate of drug-likeness (QED) is 0.796. The van der Waals surface area contributed by atoms with Gasteiger partial charge in [-0.25, -0.2) is 0 Å². The zero-order valence-electron chi connectivity index (χ0n) is 9.10. The second kappa shape index (κ2) is 5.16. The highest BCUT2D eigenvalue weighted by Gasteiger charge is 2.30. The van der Waals surface area contributed by atoms with Crippen molar-refractivity contribution in [2.24, 2.45) is 5.92 Å². The third-order valence-electron chi connectivity index (χ3n) is 2.65. The van der Waals surface area contributed by atoms with E-state index in [1.807, 2.05) is 13.8 Å². The Hall–Kier alpha value is -0.290. The molecule has 1 N–H and O–H groups in total. The van der Waals surface area contributed by atoms with Gasteiger partial charge in [0.2, 0.25) is 0 Å². The van der Waals surface area contributed by atoms with Crippen molar-refractivity contribution in [3.05, 3.63) is 0 Å². The van der Waals surface area contributed by atoms with Gasteiger partial charge in [-0.15, -0.1) is 0 Å². The molecule has 1 aliphatic rings. The summed E-state index contributed by atoms with van der Waals surface area (Å²) < 4.78 is 41.4. The summed E-state index contributed by atoms with van der Waals surface area (Å²) in [6.07, 6.45) is -2.69. The number of hydrogen-bond acceptors (Lipinski definition) is 2. The molecule has 1 saturated heterocycles. The van der Waals surface area contributed by atoms with Crippen LogP contribution in [0, 0.1) is 5.92 Å². The summed E-state index contributed by atoms with van der Waals surface area (Å²) in [5.74, 6) is 0.362. The van der Waals surface area contributed by atoms with Crippen LogP contribution in [0.4, 0.5) is 13.2 Å². The molecule has 2 atom stereocenters. The molecule has 1 heterocycles. The molecule has 0 aromatic carbocycles. The van der Waals surface area contributed by atoms with Crippen molar-refractivity contribution in [1.82, 2.24) is 5.32 Å². The van der Waals surface area contributed by atoms with Crippen LogP contribution in [0.1, 0.15) is 26.7 Å². The summed E-state index contributed by atoms with van der Waals surface area (Å²) in [4.78, 5) is 0. The first-order valence-electron chi connectivity index (χ1n) is 5.30. The lowest BCUT2D eigenvalue weighted by Gasteiger charge is -2.32. The minimum absolute atomic E-state index is 0.0622. The fraction of sp³-hybridized carbons (Fsp3) is 1.00. The lowest BCUT2D eigenvalue weighted by atomic mass is 9.95. The van der Waals surface area contributed by atoms with E-state index in [-0.39, 0.29) is 12.1 Å². The molecule has 5 heteroatoms. The summed E-state index contributed by atoms with van der Waals surface area (Å²) in [6.45, 7) is 3.70. The van der Waals surface area contributed by atoms with E-state index in [1.165, 1.54) is 0 Å². The highest BCUT2D eigenvalue weighted by atomic mass is 19.4. The lowest BCUT2D eigenvalue weighted by Crippen LogP contribution is -2.44. The fourth-order valence-electron chi connectivity index (χ4n) is 1.74. The van der Waals surface area contributed by atoms with Gasteiger partial charge in [0, 0.05) is 12.6 Å². The molecule has 0 aliphatic carbocycles. The molecule has 2 unspecified atom stereocenters. The summed E-state index contributed by atoms with van der Waals surface area (Å²) in [5, 5.41) is 2.54. The van der Waals surface area contributed by atoms with Gasteiger partial charge in [-0.3, -0.25) is 0 Å². The topological polar surface area (TPSA) is 21.3 Å². The summed E-state index contributed by atoms with van der Waals surface area (Å²) >= 11 is 0. The Labute approximate surface area is 88.2 Å². The van der Waals surface area contributed by atoms with Crippen LogP contribution in [0.3, 0.4) is 0 Å². The van der Waals surface area contributed by atoms with Gasteiger partial charge in [0.25, 0.3) is 0 Å². The Morgan fingerprint density at radius 1 is 1.40 bits per heavy atom. The Kier molecular flexibility index (Phi) is 4.40. The summed E-state index contributed by atoms with van der Waals surface area (Å²) in [6, 6.07) is -0.0622. The molecule has 0 aromatic heterocycles. The van der Waals surface area contributed by atoms with E-state index in [0.717, 1.165) is 0 Å². The Bertz CT molecular complexity index is 194. The first kappa shape index (κ1) is 12.8. The lowest BCUT2D eigenvalue weighted by molar-refractivity contribution is -0.129. The Balaban J connectivity index is 2.30. The van der Waals surface area contributed by atoms with Crippen molar-refractivity contribution < 1.29 is 17.9 Å². The zero-order valence-corrected chi connectivity index (χ0v) is 9.10. The molecule has 15 heavy (non-hydrogen) atoms. The standard InChI is InChI=1S/C10H18F3NO/c1-7(2)9-5-8(3-4-15-9)14-6-10(11,12)13/h7-9,14H,3-6H2,1-2H3. The van der Waals surface area contributed by atoms with Gasteiger partial charge in [0.1, 0.15) is 0 Å². The maximum atomic E-state index is 12.0. The number of nitrogens with one attached hydrogen (secondary N) is 1. The van der Waals surface area contributed by atoms with E-state index in [0.29, 0.717) is 25.4 Å². The van der Waals surface area contributed by atoms with Crippen LogP contribution in [0.2, 0.25) is 0 Å². The van der Waals surface area contributed by atoms with Crippen LogP contribution < -0.4 is 5.32 Å². The second-order valence-corrected chi connectivity index (χ2v) is 4.37. The molecule has 2 nitrogen and oxygen atoms in total. The van der Waals surface area contributed by atoms with Crippen molar-refractivity contribution >= 4 is 0 Å². The van der Waals surface area contributed by atoms with E-state index in [4.69, 9.17) is 4.74 Å². The second-order valence-electron chi connectivity index (χ2n) is 4.37. The van der Waals surface area contributed by atoms with Gasteiger partial charge in [-0.2, -0.15) is 13.2 Å². The SMILES string of the molecule is CC(C)C1CC(NCC(F)(F)F)CCO1. The molecule has 0 amide bonds. The van der Waals surface area contributed by atoms with Crippen molar-refractivity contribution in [3.8, 4) is 0 Å². The monoisotopic (exact) mass is 225 g/mol. The van der Waals surface area contributed by atoms with Crippen LogP contribution in [0.25, 0.3) is 0 Å². The van der Waals surface area contributed by atoms with Crippen molar-refractivity contribution in [1.29, 1.82) is 0 Å². The Morgan fingerprint density at radius 2 is 2.07 bits per heavy atom. The van der Waals surface area contributed by atoms with Crippen LogP contribution >= 0.6 is 0 Å². The number of halogens is 3. The van der Waals surface area contributed by atoms with E-state index in [2.05, 4.69) is 5.32 Å². The number of ether oxygens (including phenoxy) is 1. The largest absolute Gasteiger partial charge is 0.401 e. The molecular weight excluding hydrogens is 207 g/mol. The van der Waals surface area contributed by atoms with Crippen molar-refractivity contribution in [2.75, 3.05) is 13.2 Å². The molecule has 0 aromatic rings. The molecule has 0 spiro atoms.